The number of hydrogen-bond donors (Lipinski definition) is 0. The summed E-state index contributed by atoms with van der Waals surface area (Å²) in [6.07, 6.45) is 5.55. The van der Waals surface area contributed by atoms with Crippen LogP contribution in [-0.2, 0) is 20.8 Å². The summed E-state index contributed by atoms with van der Waals surface area (Å²) in [5.74, 6) is 2.72. The second-order valence-corrected chi connectivity index (χ2v) is 5.76. The molecule has 0 aliphatic carbocycles. The summed E-state index contributed by atoms with van der Waals surface area (Å²) < 4.78 is 18.3. The fourth-order valence-corrected chi connectivity index (χ4v) is 3.00. The van der Waals surface area contributed by atoms with Crippen LogP contribution < -0.4 is 0 Å². The fraction of sp³-hybridized carbons (Fsp3) is 0.333. The van der Waals surface area contributed by atoms with E-state index in [0.29, 0.717) is 33.0 Å². The minimum Gasteiger partial charge on any atom is -0.382 e. The van der Waals surface area contributed by atoms with E-state index in [2.05, 4.69) is 46.9 Å². The summed E-state index contributed by atoms with van der Waals surface area (Å²) in [6, 6.07) is 14.6. The van der Waals surface area contributed by atoms with Gasteiger partial charge in [-0.2, -0.15) is 0 Å². The van der Waals surface area contributed by atoms with Gasteiger partial charge >= 0.3 is 0 Å². The molecule has 0 saturated carbocycles. The lowest BCUT2D eigenvalue weighted by Gasteiger charge is -2.09. The molecule has 0 bridgehead atoms. The van der Waals surface area contributed by atoms with Crippen LogP contribution >= 0.6 is 0 Å². The van der Waals surface area contributed by atoms with Crippen LogP contribution in [0.25, 0.3) is 21.8 Å². The lowest BCUT2D eigenvalue weighted by Crippen LogP contribution is -2.11. The van der Waals surface area contributed by atoms with Crippen molar-refractivity contribution in [1.82, 2.24) is 4.57 Å². The van der Waals surface area contributed by atoms with Crippen molar-refractivity contribution in [3.8, 4) is 12.3 Å². The zero-order valence-corrected chi connectivity index (χ0v) is 14.5. The Balaban J connectivity index is 1.69. The molecule has 25 heavy (non-hydrogen) atoms. The molecular weight excluding hydrogens is 314 g/mol. The number of rotatable bonds is 9. The summed E-state index contributed by atoms with van der Waals surface area (Å²) >= 11 is 0. The van der Waals surface area contributed by atoms with Crippen LogP contribution in [0.4, 0.5) is 0 Å². The van der Waals surface area contributed by atoms with Crippen molar-refractivity contribution in [2.24, 2.45) is 0 Å². The summed E-state index contributed by atoms with van der Waals surface area (Å²) in [4.78, 5) is 0. The van der Waals surface area contributed by atoms with Gasteiger partial charge in [-0.1, -0.05) is 24.1 Å². The standard InChI is InChI=1S/C21H23NO3/c1-3-17-8-9-21-19(16-17)18-6-4-5-7-20(18)22(21)10-11-24-14-15-25-13-12-23-2/h1,4-9,16H,10-15H2,2H3. The fourth-order valence-electron chi connectivity index (χ4n) is 3.00. The van der Waals surface area contributed by atoms with Crippen molar-refractivity contribution in [1.29, 1.82) is 0 Å². The number of aromatic nitrogens is 1. The summed E-state index contributed by atoms with van der Waals surface area (Å²) in [7, 11) is 1.66. The van der Waals surface area contributed by atoms with Crippen LogP contribution in [0.1, 0.15) is 5.56 Å². The number of methoxy groups -OCH3 is 1. The van der Waals surface area contributed by atoms with Crippen molar-refractivity contribution in [2.45, 2.75) is 6.54 Å². The molecule has 130 valence electrons. The van der Waals surface area contributed by atoms with Gasteiger partial charge in [0.1, 0.15) is 0 Å². The number of ether oxygens (including phenoxy) is 3. The predicted octanol–water partition coefficient (Wildman–Crippen LogP) is 3.46. The second-order valence-electron chi connectivity index (χ2n) is 5.76. The number of hydrogen-bond acceptors (Lipinski definition) is 3. The summed E-state index contributed by atoms with van der Waals surface area (Å²) in [5, 5.41) is 2.41. The Morgan fingerprint density at radius 2 is 1.60 bits per heavy atom. The van der Waals surface area contributed by atoms with E-state index < -0.39 is 0 Å². The molecule has 0 atom stereocenters. The molecule has 0 spiro atoms. The minimum absolute atomic E-state index is 0.585. The third kappa shape index (κ3) is 4.02. The molecule has 0 fully saturated rings. The van der Waals surface area contributed by atoms with Gasteiger partial charge in [-0.05, 0) is 24.3 Å². The normalized spacial score (nSPS) is 11.2. The molecule has 0 aliphatic heterocycles. The molecule has 1 heterocycles. The van der Waals surface area contributed by atoms with E-state index in [4.69, 9.17) is 20.6 Å². The monoisotopic (exact) mass is 337 g/mol. The SMILES string of the molecule is C#Cc1ccc2c(c1)c1ccccc1n2CCOCCOCCOC. The first-order valence-corrected chi connectivity index (χ1v) is 8.47. The number of benzene rings is 2. The Labute approximate surface area is 148 Å². The van der Waals surface area contributed by atoms with Crippen molar-refractivity contribution >= 4 is 21.8 Å². The van der Waals surface area contributed by atoms with E-state index in [9.17, 15) is 0 Å². The molecular formula is C21H23NO3. The van der Waals surface area contributed by atoms with Gasteiger partial charge in [-0.25, -0.2) is 0 Å². The van der Waals surface area contributed by atoms with Gasteiger partial charge < -0.3 is 18.8 Å². The van der Waals surface area contributed by atoms with Crippen LogP contribution in [0.5, 0.6) is 0 Å². The van der Waals surface area contributed by atoms with Gasteiger partial charge in [0.15, 0.2) is 0 Å². The number of nitrogens with zero attached hydrogens (tertiary/aromatic N) is 1. The lowest BCUT2D eigenvalue weighted by atomic mass is 10.1. The van der Waals surface area contributed by atoms with Gasteiger partial charge in [0.25, 0.3) is 0 Å². The van der Waals surface area contributed by atoms with Gasteiger partial charge in [-0.3, -0.25) is 0 Å². The van der Waals surface area contributed by atoms with E-state index >= 15 is 0 Å². The first kappa shape index (κ1) is 17.5. The molecule has 3 rings (SSSR count). The van der Waals surface area contributed by atoms with Gasteiger partial charge in [0.2, 0.25) is 0 Å². The minimum atomic E-state index is 0.585. The maximum Gasteiger partial charge on any atom is 0.0701 e. The molecule has 4 heteroatoms. The van der Waals surface area contributed by atoms with E-state index in [-0.39, 0.29) is 0 Å². The third-order valence-corrected chi connectivity index (χ3v) is 4.20. The largest absolute Gasteiger partial charge is 0.382 e. The number of fused-ring (bicyclic) bond motifs is 3. The van der Waals surface area contributed by atoms with Crippen LogP contribution in [0.2, 0.25) is 0 Å². The highest BCUT2D eigenvalue weighted by Gasteiger charge is 2.10. The highest BCUT2D eigenvalue weighted by molar-refractivity contribution is 6.08. The molecule has 2 aromatic carbocycles. The predicted molar refractivity (Wildman–Crippen MR) is 101 cm³/mol. The maximum absolute atomic E-state index is 5.71. The molecule has 0 aliphatic rings. The number of terminal acetylenes is 1. The average Bonchev–Trinajstić information content (AvgIpc) is 2.97. The molecule has 4 nitrogen and oxygen atoms in total. The quantitative estimate of drug-likeness (QED) is 0.443. The highest BCUT2D eigenvalue weighted by Crippen LogP contribution is 2.29. The van der Waals surface area contributed by atoms with E-state index in [0.717, 1.165) is 12.1 Å². The van der Waals surface area contributed by atoms with Crippen molar-refractivity contribution in [3.63, 3.8) is 0 Å². The van der Waals surface area contributed by atoms with Crippen molar-refractivity contribution < 1.29 is 14.2 Å². The van der Waals surface area contributed by atoms with Gasteiger partial charge in [-0.15, -0.1) is 6.42 Å². The van der Waals surface area contributed by atoms with E-state index in [1.165, 1.54) is 21.8 Å². The first-order chi connectivity index (χ1) is 12.3. The average molecular weight is 337 g/mol. The van der Waals surface area contributed by atoms with Crippen molar-refractivity contribution in [3.05, 3.63) is 48.0 Å². The number of para-hydroxylation sites is 1. The topological polar surface area (TPSA) is 32.6 Å². The van der Waals surface area contributed by atoms with Crippen LogP contribution in [0.15, 0.2) is 42.5 Å². The second kappa shape index (κ2) is 8.68. The summed E-state index contributed by atoms with van der Waals surface area (Å²) in [6.45, 7) is 3.81. The van der Waals surface area contributed by atoms with E-state index in [1.807, 2.05) is 6.07 Å². The molecule has 0 N–H and O–H groups in total. The Kier molecular flexibility index (Phi) is 6.08. The third-order valence-electron chi connectivity index (χ3n) is 4.20. The van der Waals surface area contributed by atoms with Gasteiger partial charge in [0, 0.05) is 41.0 Å². The van der Waals surface area contributed by atoms with Crippen LogP contribution in [0, 0.1) is 12.3 Å². The summed E-state index contributed by atoms with van der Waals surface area (Å²) in [5.41, 5.74) is 3.28. The molecule has 0 radical (unpaired) electrons. The van der Waals surface area contributed by atoms with Gasteiger partial charge in [0.05, 0.1) is 33.0 Å². The molecule has 1 aromatic heterocycles. The maximum atomic E-state index is 5.71. The molecule has 3 aromatic rings. The molecule has 0 unspecified atom stereocenters. The first-order valence-electron chi connectivity index (χ1n) is 8.47. The van der Waals surface area contributed by atoms with Crippen molar-refractivity contribution in [2.75, 3.05) is 40.1 Å². The van der Waals surface area contributed by atoms with Crippen LogP contribution in [0.3, 0.4) is 0 Å². The lowest BCUT2D eigenvalue weighted by molar-refractivity contribution is 0.0234. The van der Waals surface area contributed by atoms with Crippen LogP contribution in [-0.4, -0.2) is 44.7 Å². The molecule has 0 amide bonds. The van der Waals surface area contributed by atoms with E-state index in [1.54, 1.807) is 7.11 Å². The Hall–Kier alpha value is -2.32. The Bertz CT molecular complexity index is 876. The smallest absolute Gasteiger partial charge is 0.0701 e. The Morgan fingerprint density at radius 3 is 2.40 bits per heavy atom. The molecule has 0 saturated heterocycles. The zero-order chi connectivity index (χ0) is 17.5. The Morgan fingerprint density at radius 1 is 0.880 bits per heavy atom. The highest BCUT2D eigenvalue weighted by atomic mass is 16.5. The zero-order valence-electron chi connectivity index (χ0n) is 14.5.